The molecule has 1 aliphatic rings. The van der Waals surface area contributed by atoms with Gasteiger partial charge in [-0.2, -0.15) is 13.2 Å². The second-order valence-electron chi connectivity index (χ2n) is 6.73. The summed E-state index contributed by atoms with van der Waals surface area (Å²) in [6.07, 6.45) is 0.936. The van der Waals surface area contributed by atoms with Crippen LogP contribution in [0.2, 0.25) is 0 Å². The van der Waals surface area contributed by atoms with Gasteiger partial charge in [-0.05, 0) is 30.2 Å². The number of alkyl halides is 3. The molecule has 9 heteroatoms. The van der Waals surface area contributed by atoms with Crippen LogP contribution < -0.4 is 9.64 Å². The summed E-state index contributed by atoms with van der Waals surface area (Å²) >= 11 is 0. The minimum absolute atomic E-state index is 0.0250. The van der Waals surface area contributed by atoms with E-state index < -0.39 is 23.7 Å². The zero-order valence-corrected chi connectivity index (χ0v) is 16.9. The smallest absolute Gasteiger partial charge is 0.416 e. The Bertz CT molecular complexity index is 900. The molecular formula is C21H22F3NO5. The van der Waals surface area contributed by atoms with Gasteiger partial charge < -0.3 is 19.1 Å². The highest BCUT2D eigenvalue weighted by Crippen LogP contribution is 2.37. The molecule has 0 amide bonds. The van der Waals surface area contributed by atoms with Crippen LogP contribution in [0.4, 0.5) is 18.9 Å². The number of rotatable bonds is 6. The molecule has 0 fully saturated rings. The molecule has 6 nitrogen and oxygen atoms in total. The molecule has 1 aromatic rings. The van der Waals surface area contributed by atoms with Crippen LogP contribution in [0.25, 0.3) is 0 Å². The third kappa shape index (κ3) is 5.43. The van der Waals surface area contributed by atoms with Gasteiger partial charge in [0.1, 0.15) is 11.4 Å². The Labute approximate surface area is 172 Å². The molecule has 1 aliphatic heterocycles. The van der Waals surface area contributed by atoms with Crippen LogP contribution in [0.15, 0.2) is 53.9 Å². The van der Waals surface area contributed by atoms with E-state index in [0.717, 1.165) is 31.3 Å². The average molecular weight is 425 g/mol. The van der Waals surface area contributed by atoms with E-state index in [9.17, 15) is 22.8 Å². The molecule has 1 heterocycles. The first-order valence-corrected chi connectivity index (χ1v) is 8.98. The van der Waals surface area contributed by atoms with Crippen molar-refractivity contribution in [2.24, 2.45) is 5.92 Å². The normalized spacial score (nSPS) is 14.1. The lowest BCUT2D eigenvalue weighted by atomic mass is 10.1. The number of benzene rings is 1. The highest BCUT2D eigenvalue weighted by atomic mass is 19.4. The van der Waals surface area contributed by atoms with E-state index in [-0.39, 0.29) is 35.2 Å². The number of nitrogens with zero attached hydrogens (tertiary/aromatic N) is 1. The van der Waals surface area contributed by atoms with Crippen molar-refractivity contribution >= 4 is 17.6 Å². The Hall–Kier alpha value is -3.23. The second-order valence-corrected chi connectivity index (χ2v) is 6.73. The standard InChI is InChI=1S/C21H22F3NO5/c1-13(2)12-30-16-10-14(21(22,23)24)9-15(11-16)25-8-6-5-7-17(19(26)28-3)18(25)20(27)29-4/h5-11,13H,12H2,1-4H3. The zero-order valence-electron chi connectivity index (χ0n) is 16.9. The van der Waals surface area contributed by atoms with Gasteiger partial charge in [-0.15, -0.1) is 0 Å². The van der Waals surface area contributed by atoms with Crippen LogP contribution >= 0.6 is 0 Å². The lowest BCUT2D eigenvalue weighted by Gasteiger charge is -2.25. The van der Waals surface area contributed by atoms with Crippen molar-refractivity contribution in [2.45, 2.75) is 20.0 Å². The van der Waals surface area contributed by atoms with Crippen molar-refractivity contribution in [3.8, 4) is 5.75 Å². The third-order valence-corrected chi connectivity index (χ3v) is 3.97. The Balaban J connectivity index is 2.69. The maximum Gasteiger partial charge on any atom is 0.416 e. The summed E-state index contributed by atoms with van der Waals surface area (Å²) in [7, 11) is 2.23. The Morgan fingerprint density at radius 2 is 1.70 bits per heavy atom. The molecule has 0 bridgehead atoms. The van der Waals surface area contributed by atoms with E-state index in [4.69, 9.17) is 14.2 Å². The summed E-state index contributed by atoms with van der Waals surface area (Å²) in [4.78, 5) is 25.8. The van der Waals surface area contributed by atoms with E-state index in [1.807, 2.05) is 13.8 Å². The molecule has 0 aliphatic carbocycles. The highest BCUT2D eigenvalue weighted by Gasteiger charge is 2.34. The van der Waals surface area contributed by atoms with Crippen LogP contribution in [0.5, 0.6) is 5.75 Å². The monoisotopic (exact) mass is 425 g/mol. The van der Waals surface area contributed by atoms with Gasteiger partial charge >= 0.3 is 18.1 Å². The van der Waals surface area contributed by atoms with Crippen LogP contribution in [0, 0.1) is 5.92 Å². The number of hydrogen-bond donors (Lipinski definition) is 0. The van der Waals surface area contributed by atoms with Gasteiger partial charge in [-0.25, -0.2) is 9.59 Å². The molecule has 0 atom stereocenters. The summed E-state index contributed by atoms with van der Waals surface area (Å²) in [6.45, 7) is 3.92. The van der Waals surface area contributed by atoms with Crippen LogP contribution in [-0.4, -0.2) is 32.8 Å². The van der Waals surface area contributed by atoms with Gasteiger partial charge in [0, 0.05) is 12.3 Å². The maximum atomic E-state index is 13.5. The number of methoxy groups -OCH3 is 2. The number of ether oxygens (including phenoxy) is 3. The fraction of sp³-hybridized carbons (Fsp3) is 0.333. The zero-order chi connectivity index (χ0) is 22.5. The molecule has 0 radical (unpaired) electrons. The van der Waals surface area contributed by atoms with Crippen molar-refractivity contribution in [2.75, 3.05) is 25.7 Å². The quantitative estimate of drug-likeness (QED) is 0.636. The molecule has 0 aromatic heterocycles. The summed E-state index contributed by atoms with van der Waals surface area (Å²) in [5.41, 5.74) is -1.46. The number of carbonyl (C=O) groups excluding carboxylic acids is 2. The number of carbonyl (C=O) groups is 2. The third-order valence-electron chi connectivity index (χ3n) is 3.97. The molecule has 0 spiro atoms. The first-order chi connectivity index (χ1) is 14.1. The van der Waals surface area contributed by atoms with E-state index in [2.05, 4.69) is 0 Å². The van der Waals surface area contributed by atoms with Gasteiger partial charge in [0.2, 0.25) is 0 Å². The number of allylic oxidation sites excluding steroid dienone is 2. The number of halogens is 3. The summed E-state index contributed by atoms with van der Waals surface area (Å²) in [5.74, 6) is -1.71. The van der Waals surface area contributed by atoms with Gasteiger partial charge in [-0.1, -0.05) is 19.9 Å². The molecule has 0 unspecified atom stereocenters. The SMILES string of the molecule is COC(=O)C1=C(C(=O)OC)N(c2cc(OCC(C)C)cc(C(F)(F)F)c2)C=CC=C1. The Morgan fingerprint density at radius 1 is 1.03 bits per heavy atom. The summed E-state index contributed by atoms with van der Waals surface area (Å²) < 4.78 is 55.4. The summed E-state index contributed by atoms with van der Waals surface area (Å²) in [6, 6.07) is 3.09. The lowest BCUT2D eigenvalue weighted by Crippen LogP contribution is -2.27. The Morgan fingerprint density at radius 3 is 2.27 bits per heavy atom. The van der Waals surface area contributed by atoms with E-state index in [1.54, 1.807) is 0 Å². The largest absolute Gasteiger partial charge is 0.493 e. The fourth-order valence-electron chi connectivity index (χ4n) is 2.60. The first-order valence-electron chi connectivity index (χ1n) is 8.98. The predicted octanol–water partition coefficient (Wildman–Crippen LogP) is 4.23. The van der Waals surface area contributed by atoms with Gasteiger partial charge in [-0.3, -0.25) is 0 Å². The molecule has 30 heavy (non-hydrogen) atoms. The fourth-order valence-corrected chi connectivity index (χ4v) is 2.60. The van der Waals surface area contributed by atoms with Gasteiger partial charge in [0.25, 0.3) is 0 Å². The van der Waals surface area contributed by atoms with E-state index in [0.29, 0.717) is 0 Å². The number of anilines is 1. The minimum Gasteiger partial charge on any atom is -0.493 e. The van der Waals surface area contributed by atoms with Crippen LogP contribution in [-0.2, 0) is 25.2 Å². The number of esters is 2. The molecule has 0 N–H and O–H groups in total. The lowest BCUT2D eigenvalue weighted by molar-refractivity contribution is -0.139. The van der Waals surface area contributed by atoms with Crippen LogP contribution in [0.1, 0.15) is 19.4 Å². The first kappa shape index (κ1) is 23.1. The van der Waals surface area contributed by atoms with E-state index in [1.165, 1.54) is 30.5 Å². The molecule has 0 saturated heterocycles. The van der Waals surface area contributed by atoms with Crippen molar-refractivity contribution in [1.82, 2.24) is 0 Å². The van der Waals surface area contributed by atoms with Crippen molar-refractivity contribution < 1.29 is 37.0 Å². The summed E-state index contributed by atoms with van der Waals surface area (Å²) in [5, 5.41) is 0. The van der Waals surface area contributed by atoms with Crippen molar-refractivity contribution in [1.29, 1.82) is 0 Å². The molecule has 1 aromatic carbocycles. The number of hydrogen-bond acceptors (Lipinski definition) is 6. The second kappa shape index (κ2) is 9.51. The average Bonchev–Trinajstić information content (AvgIpc) is 2.93. The van der Waals surface area contributed by atoms with Gasteiger partial charge in [0.05, 0.1) is 37.7 Å². The van der Waals surface area contributed by atoms with Gasteiger partial charge in [0.15, 0.2) is 0 Å². The van der Waals surface area contributed by atoms with E-state index >= 15 is 0 Å². The molecule has 0 saturated carbocycles. The van der Waals surface area contributed by atoms with Crippen LogP contribution in [0.3, 0.4) is 0 Å². The molecule has 2 rings (SSSR count). The molecule has 162 valence electrons. The topological polar surface area (TPSA) is 65.1 Å². The predicted molar refractivity (Wildman–Crippen MR) is 104 cm³/mol. The maximum absolute atomic E-state index is 13.5. The molecular weight excluding hydrogens is 403 g/mol. The van der Waals surface area contributed by atoms with Crippen molar-refractivity contribution in [3.63, 3.8) is 0 Å². The highest BCUT2D eigenvalue weighted by molar-refractivity contribution is 6.05. The Kier molecular flexibility index (Phi) is 7.31. The van der Waals surface area contributed by atoms with Crippen molar-refractivity contribution in [3.05, 3.63) is 59.5 Å². The minimum atomic E-state index is -4.65.